The van der Waals surface area contributed by atoms with Crippen LogP contribution in [0, 0.1) is 12.8 Å². The van der Waals surface area contributed by atoms with E-state index in [4.69, 9.17) is 0 Å². The number of carbonyl (C=O) groups is 1. The largest absolute Gasteiger partial charge is 0.291 e. The first kappa shape index (κ1) is 9.31. The molecule has 3 heteroatoms. The van der Waals surface area contributed by atoms with Gasteiger partial charge in [-0.15, -0.1) is 0 Å². The van der Waals surface area contributed by atoms with Gasteiger partial charge in [-0.1, -0.05) is 6.42 Å². The van der Waals surface area contributed by atoms with Gasteiger partial charge in [0.1, 0.15) is 0 Å². The maximum Gasteiger partial charge on any atom is 0.200 e. The first-order valence-electron chi connectivity index (χ1n) is 5.07. The van der Waals surface area contributed by atoms with Gasteiger partial charge in [-0.3, -0.25) is 4.79 Å². The van der Waals surface area contributed by atoms with E-state index in [9.17, 15) is 4.79 Å². The average Bonchev–Trinajstić information content (AvgIpc) is 2.12. The summed E-state index contributed by atoms with van der Waals surface area (Å²) in [6.07, 6.45) is 7.67. The molecule has 1 heterocycles. The fraction of sp³-hybridized carbons (Fsp3) is 0.545. The Hall–Kier alpha value is -1.25. The maximum atomic E-state index is 11.6. The van der Waals surface area contributed by atoms with Crippen molar-refractivity contribution in [2.45, 2.75) is 32.6 Å². The van der Waals surface area contributed by atoms with E-state index in [2.05, 4.69) is 9.97 Å². The van der Waals surface area contributed by atoms with Crippen molar-refractivity contribution in [2.24, 2.45) is 5.92 Å². The highest BCUT2D eigenvalue weighted by atomic mass is 16.1. The van der Waals surface area contributed by atoms with Crippen LogP contribution >= 0.6 is 0 Å². The molecule has 1 aromatic rings. The summed E-state index contributed by atoms with van der Waals surface area (Å²) >= 11 is 0. The summed E-state index contributed by atoms with van der Waals surface area (Å²) in [6, 6.07) is 0. The Bertz CT molecular complexity index is 328. The second-order valence-corrected chi connectivity index (χ2v) is 4.01. The maximum absolute atomic E-state index is 11.6. The number of rotatable bonds is 3. The lowest BCUT2D eigenvalue weighted by Crippen LogP contribution is -2.17. The average molecular weight is 190 g/mol. The molecule has 0 aliphatic heterocycles. The van der Waals surface area contributed by atoms with Crippen molar-refractivity contribution in [3.63, 3.8) is 0 Å². The predicted molar refractivity (Wildman–Crippen MR) is 53.1 cm³/mol. The Morgan fingerprint density at radius 3 is 2.57 bits per heavy atom. The van der Waals surface area contributed by atoms with Gasteiger partial charge in [0.15, 0.2) is 11.6 Å². The third-order valence-electron chi connectivity index (χ3n) is 2.73. The number of hydrogen-bond acceptors (Lipinski definition) is 3. The molecule has 1 aliphatic rings. The van der Waals surface area contributed by atoms with Crippen LogP contribution in [0.5, 0.6) is 0 Å². The molecule has 0 atom stereocenters. The molecule has 0 N–H and O–H groups in total. The first-order chi connectivity index (χ1) is 6.75. The van der Waals surface area contributed by atoms with Gasteiger partial charge in [0.25, 0.3) is 0 Å². The van der Waals surface area contributed by atoms with Crippen LogP contribution in [0.25, 0.3) is 0 Å². The number of Topliss-reactive ketones (excluding diaryl/α,β-unsaturated/α-hetero) is 1. The van der Waals surface area contributed by atoms with Crippen LogP contribution in [0.4, 0.5) is 0 Å². The first-order valence-corrected chi connectivity index (χ1v) is 5.07. The van der Waals surface area contributed by atoms with Crippen LogP contribution < -0.4 is 0 Å². The molecule has 0 unspecified atom stereocenters. The highest BCUT2D eigenvalue weighted by Crippen LogP contribution is 2.29. The minimum absolute atomic E-state index is 0.0923. The zero-order chi connectivity index (χ0) is 9.97. The number of nitrogens with zero attached hydrogens (tertiary/aromatic N) is 2. The molecule has 0 aromatic carbocycles. The molecule has 0 bridgehead atoms. The molecule has 74 valence electrons. The van der Waals surface area contributed by atoms with Gasteiger partial charge in [0, 0.05) is 18.8 Å². The van der Waals surface area contributed by atoms with Crippen LogP contribution in [-0.2, 0) is 0 Å². The third kappa shape index (κ3) is 1.97. The van der Waals surface area contributed by atoms with Crippen molar-refractivity contribution < 1.29 is 4.79 Å². The normalized spacial score (nSPS) is 16.4. The summed E-state index contributed by atoms with van der Waals surface area (Å²) in [6.45, 7) is 1.92. The molecular formula is C11H14N2O. The molecule has 0 amide bonds. The Balaban J connectivity index is 1.99. The summed E-state index contributed by atoms with van der Waals surface area (Å²) in [7, 11) is 0. The van der Waals surface area contributed by atoms with Crippen LogP contribution in [0.3, 0.4) is 0 Å². The second-order valence-electron chi connectivity index (χ2n) is 4.01. The molecular weight excluding hydrogens is 176 g/mol. The lowest BCUT2D eigenvalue weighted by molar-refractivity contribution is 0.0926. The van der Waals surface area contributed by atoms with Crippen molar-refractivity contribution in [3.05, 3.63) is 23.8 Å². The Labute approximate surface area is 83.6 Å². The van der Waals surface area contributed by atoms with Crippen molar-refractivity contribution >= 4 is 5.78 Å². The quantitative estimate of drug-likeness (QED) is 0.686. The summed E-state index contributed by atoms with van der Waals surface area (Å²) in [5.74, 6) is 1.06. The standard InChI is InChI=1S/C11H14N2O/c1-8-6-12-11(13-7-8)10(14)5-9-3-2-4-9/h6-7,9H,2-5H2,1H3. The van der Waals surface area contributed by atoms with Crippen LogP contribution in [0.15, 0.2) is 12.4 Å². The Morgan fingerprint density at radius 2 is 2.07 bits per heavy atom. The van der Waals surface area contributed by atoms with Crippen LogP contribution in [0.1, 0.15) is 41.9 Å². The highest BCUT2D eigenvalue weighted by Gasteiger charge is 2.22. The topological polar surface area (TPSA) is 42.9 Å². The van der Waals surface area contributed by atoms with Crippen molar-refractivity contribution in [3.8, 4) is 0 Å². The van der Waals surface area contributed by atoms with Crippen molar-refractivity contribution in [2.75, 3.05) is 0 Å². The molecule has 0 saturated heterocycles. The highest BCUT2D eigenvalue weighted by molar-refractivity contribution is 5.92. The second kappa shape index (κ2) is 3.86. The van der Waals surface area contributed by atoms with Gasteiger partial charge >= 0.3 is 0 Å². The van der Waals surface area contributed by atoms with E-state index in [1.165, 1.54) is 19.3 Å². The van der Waals surface area contributed by atoms with E-state index in [0.29, 0.717) is 18.2 Å². The molecule has 3 nitrogen and oxygen atoms in total. The number of ketones is 1. The molecule has 14 heavy (non-hydrogen) atoms. The van der Waals surface area contributed by atoms with Crippen molar-refractivity contribution in [1.82, 2.24) is 9.97 Å². The fourth-order valence-electron chi connectivity index (χ4n) is 1.59. The molecule has 0 spiro atoms. The number of aryl methyl sites for hydroxylation is 1. The number of hydrogen-bond donors (Lipinski definition) is 0. The monoisotopic (exact) mass is 190 g/mol. The molecule has 2 rings (SSSR count). The lowest BCUT2D eigenvalue weighted by atomic mass is 9.82. The van der Waals surface area contributed by atoms with E-state index >= 15 is 0 Å². The molecule has 0 radical (unpaired) electrons. The van der Waals surface area contributed by atoms with Crippen LogP contribution in [-0.4, -0.2) is 15.8 Å². The molecule has 1 aliphatic carbocycles. The van der Waals surface area contributed by atoms with E-state index < -0.39 is 0 Å². The summed E-state index contributed by atoms with van der Waals surface area (Å²) in [4.78, 5) is 19.7. The van der Waals surface area contributed by atoms with Crippen molar-refractivity contribution in [1.29, 1.82) is 0 Å². The van der Waals surface area contributed by atoms with Gasteiger partial charge in [0.2, 0.25) is 0 Å². The lowest BCUT2D eigenvalue weighted by Gasteiger charge is -2.23. The van der Waals surface area contributed by atoms with Crippen LogP contribution in [0.2, 0.25) is 0 Å². The van der Waals surface area contributed by atoms with Gasteiger partial charge < -0.3 is 0 Å². The van der Waals surface area contributed by atoms with E-state index in [1.54, 1.807) is 12.4 Å². The Kier molecular flexibility index (Phi) is 2.57. The summed E-state index contributed by atoms with van der Waals surface area (Å²) in [5.41, 5.74) is 0.991. The molecule has 1 saturated carbocycles. The molecule has 1 fully saturated rings. The summed E-state index contributed by atoms with van der Waals surface area (Å²) < 4.78 is 0. The molecule has 1 aromatic heterocycles. The fourth-order valence-corrected chi connectivity index (χ4v) is 1.59. The predicted octanol–water partition coefficient (Wildman–Crippen LogP) is 2.16. The van der Waals surface area contributed by atoms with Gasteiger partial charge in [-0.25, -0.2) is 9.97 Å². The van der Waals surface area contributed by atoms with E-state index in [0.717, 1.165) is 5.56 Å². The minimum atomic E-state index is 0.0923. The Morgan fingerprint density at radius 1 is 1.43 bits per heavy atom. The summed E-state index contributed by atoms with van der Waals surface area (Å²) in [5, 5.41) is 0. The van der Waals surface area contributed by atoms with Gasteiger partial charge in [0.05, 0.1) is 0 Å². The minimum Gasteiger partial charge on any atom is -0.291 e. The zero-order valence-corrected chi connectivity index (χ0v) is 8.36. The number of aromatic nitrogens is 2. The SMILES string of the molecule is Cc1cnc(C(=O)CC2CCC2)nc1. The number of carbonyl (C=O) groups excluding carboxylic acids is 1. The van der Waals surface area contributed by atoms with E-state index in [-0.39, 0.29) is 5.78 Å². The van der Waals surface area contributed by atoms with Gasteiger partial charge in [-0.2, -0.15) is 0 Å². The third-order valence-corrected chi connectivity index (χ3v) is 2.73. The van der Waals surface area contributed by atoms with Gasteiger partial charge in [-0.05, 0) is 31.2 Å². The smallest absolute Gasteiger partial charge is 0.200 e. The van der Waals surface area contributed by atoms with E-state index in [1.807, 2.05) is 6.92 Å². The zero-order valence-electron chi connectivity index (χ0n) is 8.36.